The van der Waals surface area contributed by atoms with Crippen LogP contribution in [0.1, 0.15) is 16.1 Å². The standard InChI is InChI=1S/C23H18N6O3/c1-14-6-7-15(23-27-21(28-32-23)18-12-16(31-2)8-9-24-18)11-17(14)26-22(30)19-13-25-20-5-3-4-10-29(19)20/h3-13H,1-2H3,(H,26,30). The van der Waals surface area contributed by atoms with Crippen LogP contribution in [0.5, 0.6) is 5.75 Å². The molecule has 0 aliphatic rings. The molecule has 9 nitrogen and oxygen atoms in total. The third-order valence-corrected chi connectivity index (χ3v) is 5.00. The lowest BCUT2D eigenvalue weighted by Gasteiger charge is -2.09. The van der Waals surface area contributed by atoms with Gasteiger partial charge in [-0.15, -0.1) is 0 Å². The lowest BCUT2D eigenvalue weighted by molar-refractivity contribution is 0.102. The van der Waals surface area contributed by atoms with E-state index in [0.717, 1.165) is 5.56 Å². The topological polar surface area (TPSA) is 107 Å². The van der Waals surface area contributed by atoms with Crippen LogP contribution in [-0.4, -0.2) is 37.5 Å². The molecule has 0 aliphatic carbocycles. The summed E-state index contributed by atoms with van der Waals surface area (Å²) in [7, 11) is 1.58. The number of benzene rings is 1. The third-order valence-electron chi connectivity index (χ3n) is 5.00. The van der Waals surface area contributed by atoms with Gasteiger partial charge in [-0.05, 0) is 42.8 Å². The predicted molar refractivity (Wildman–Crippen MR) is 117 cm³/mol. The number of hydrogen-bond acceptors (Lipinski definition) is 7. The number of nitrogens with zero attached hydrogens (tertiary/aromatic N) is 5. The number of hydrogen-bond donors (Lipinski definition) is 1. The first-order chi connectivity index (χ1) is 15.6. The van der Waals surface area contributed by atoms with Gasteiger partial charge in [-0.3, -0.25) is 14.2 Å². The summed E-state index contributed by atoms with van der Waals surface area (Å²) in [5.41, 5.74) is 3.88. The maximum Gasteiger partial charge on any atom is 0.274 e. The molecule has 0 aliphatic heterocycles. The van der Waals surface area contributed by atoms with E-state index in [2.05, 4.69) is 25.4 Å². The van der Waals surface area contributed by atoms with Gasteiger partial charge in [0.15, 0.2) is 0 Å². The van der Waals surface area contributed by atoms with Gasteiger partial charge in [0, 0.05) is 29.7 Å². The first-order valence-electron chi connectivity index (χ1n) is 9.81. The quantitative estimate of drug-likeness (QED) is 0.452. The largest absolute Gasteiger partial charge is 0.497 e. The SMILES string of the molecule is COc1ccnc(-c2noc(-c3ccc(C)c(NC(=O)c4cnc5ccccn45)c3)n2)c1. The van der Waals surface area contributed by atoms with Crippen LogP contribution in [0.2, 0.25) is 0 Å². The zero-order chi connectivity index (χ0) is 22.1. The molecule has 5 aromatic rings. The first kappa shape index (κ1) is 19.4. The molecule has 0 spiro atoms. The number of carbonyl (C=O) groups is 1. The molecule has 5 rings (SSSR count). The van der Waals surface area contributed by atoms with E-state index >= 15 is 0 Å². The summed E-state index contributed by atoms with van der Waals surface area (Å²) in [6, 6.07) is 14.6. The van der Waals surface area contributed by atoms with Crippen LogP contribution in [0.4, 0.5) is 5.69 Å². The molecular formula is C23H18N6O3. The number of pyridine rings is 2. The second-order valence-electron chi connectivity index (χ2n) is 7.06. The molecule has 9 heteroatoms. The highest BCUT2D eigenvalue weighted by molar-refractivity contribution is 6.04. The van der Waals surface area contributed by atoms with Gasteiger partial charge in [-0.1, -0.05) is 17.3 Å². The second-order valence-corrected chi connectivity index (χ2v) is 7.06. The van der Waals surface area contributed by atoms with Gasteiger partial charge in [-0.2, -0.15) is 4.98 Å². The van der Waals surface area contributed by atoms with E-state index in [1.807, 2.05) is 37.3 Å². The molecule has 1 N–H and O–H groups in total. The molecule has 0 saturated heterocycles. The molecule has 0 radical (unpaired) electrons. The van der Waals surface area contributed by atoms with Crippen LogP contribution in [0.25, 0.3) is 28.6 Å². The van der Waals surface area contributed by atoms with Gasteiger partial charge in [0.1, 0.15) is 22.8 Å². The van der Waals surface area contributed by atoms with Crippen molar-refractivity contribution in [2.24, 2.45) is 0 Å². The van der Waals surface area contributed by atoms with Crippen LogP contribution < -0.4 is 10.1 Å². The molecule has 1 aromatic carbocycles. The summed E-state index contributed by atoms with van der Waals surface area (Å²) in [5.74, 6) is 1.04. The molecule has 32 heavy (non-hydrogen) atoms. The zero-order valence-electron chi connectivity index (χ0n) is 17.3. The van der Waals surface area contributed by atoms with Crippen molar-refractivity contribution in [3.63, 3.8) is 0 Å². The van der Waals surface area contributed by atoms with Crippen LogP contribution in [0, 0.1) is 6.92 Å². The Morgan fingerprint density at radius 3 is 2.91 bits per heavy atom. The number of ether oxygens (including phenoxy) is 1. The molecule has 0 unspecified atom stereocenters. The van der Waals surface area contributed by atoms with E-state index in [4.69, 9.17) is 9.26 Å². The van der Waals surface area contributed by atoms with E-state index in [1.165, 1.54) is 0 Å². The highest BCUT2D eigenvalue weighted by atomic mass is 16.5. The Hall–Kier alpha value is -4.53. The lowest BCUT2D eigenvalue weighted by atomic mass is 10.1. The predicted octanol–water partition coefficient (Wildman–Crippen LogP) is 4.02. The number of aromatic nitrogens is 5. The van der Waals surface area contributed by atoms with E-state index in [0.29, 0.717) is 45.8 Å². The Labute approximate surface area is 182 Å². The van der Waals surface area contributed by atoms with E-state index in [-0.39, 0.29) is 5.91 Å². The smallest absolute Gasteiger partial charge is 0.274 e. The molecule has 0 bridgehead atoms. The highest BCUT2D eigenvalue weighted by Crippen LogP contribution is 2.27. The van der Waals surface area contributed by atoms with Gasteiger partial charge in [0.25, 0.3) is 11.8 Å². The lowest BCUT2D eigenvalue weighted by Crippen LogP contribution is -2.15. The number of nitrogens with one attached hydrogen (secondary N) is 1. The van der Waals surface area contributed by atoms with Gasteiger partial charge >= 0.3 is 0 Å². The molecule has 0 fully saturated rings. The number of imidazole rings is 1. The maximum absolute atomic E-state index is 12.9. The van der Waals surface area contributed by atoms with Crippen molar-refractivity contribution in [3.8, 4) is 28.7 Å². The monoisotopic (exact) mass is 426 g/mol. The molecular weight excluding hydrogens is 408 g/mol. The van der Waals surface area contributed by atoms with Crippen molar-refractivity contribution in [1.29, 1.82) is 0 Å². The average molecular weight is 426 g/mol. The number of rotatable bonds is 5. The second kappa shape index (κ2) is 7.95. The number of aryl methyl sites for hydroxylation is 1. The highest BCUT2D eigenvalue weighted by Gasteiger charge is 2.16. The maximum atomic E-state index is 12.9. The number of amides is 1. The van der Waals surface area contributed by atoms with Crippen molar-refractivity contribution in [3.05, 3.63) is 78.4 Å². The zero-order valence-corrected chi connectivity index (χ0v) is 17.3. The van der Waals surface area contributed by atoms with Gasteiger partial charge in [-0.25, -0.2) is 4.98 Å². The summed E-state index contributed by atoms with van der Waals surface area (Å²) in [5, 5.41) is 6.97. The van der Waals surface area contributed by atoms with E-state index in [9.17, 15) is 4.79 Å². The summed E-state index contributed by atoms with van der Waals surface area (Å²) >= 11 is 0. The Morgan fingerprint density at radius 2 is 2.03 bits per heavy atom. The number of anilines is 1. The van der Waals surface area contributed by atoms with Crippen LogP contribution >= 0.6 is 0 Å². The Morgan fingerprint density at radius 1 is 1.12 bits per heavy atom. The van der Waals surface area contributed by atoms with Gasteiger partial charge in [0.05, 0.1) is 13.3 Å². The van der Waals surface area contributed by atoms with Gasteiger partial charge in [0.2, 0.25) is 5.82 Å². The van der Waals surface area contributed by atoms with Crippen molar-refractivity contribution in [2.45, 2.75) is 6.92 Å². The number of carbonyl (C=O) groups excluding carboxylic acids is 1. The van der Waals surface area contributed by atoms with Crippen molar-refractivity contribution in [1.82, 2.24) is 24.5 Å². The molecule has 1 amide bonds. The van der Waals surface area contributed by atoms with Crippen molar-refractivity contribution in [2.75, 3.05) is 12.4 Å². The molecule has 4 aromatic heterocycles. The minimum atomic E-state index is -0.268. The third kappa shape index (κ3) is 3.56. The Balaban J connectivity index is 1.43. The minimum Gasteiger partial charge on any atom is -0.497 e. The average Bonchev–Trinajstić information content (AvgIpc) is 3.48. The fraction of sp³-hybridized carbons (Fsp3) is 0.0870. The number of methoxy groups -OCH3 is 1. The van der Waals surface area contributed by atoms with Gasteiger partial charge < -0.3 is 14.6 Å². The fourth-order valence-electron chi connectivity index (χ4n) is 3.28. The van der Waals surface area contributed by atoms with Crippen molar-refractivity contribution < 1.29 is 14.1 Å². The minimum absolute atomic E-state index is 0.268. The first-order valence-corrected chi connectivity index (χ1v) is 9.81. The summed E-state index contributed by atoms with van der Waals surface area (Å²) in [4.78, 5) is 25.9. The summed E-state index contributed by atoms with van der Waals surface area (Å²) < 4.78 is 12.4. The van der Waals surface area contributed by atoms with E-state index in [1.54, 1.807) is 48.3 Å². The fourth-order valence-corrected chi connectivity index (χ4v) is 3.28. The van der Waals surface area contributed by atoms with Crippen LogP contribution in [0.3, 0.4) is 0 Å². The molecule has 4 heterocycles. The number of fused-ring (bicyclic) bond motifs is 1. The van der Waals surface area contributed by atoms with Crippen LogP contribution in [0.15, 0.2) is 71.6 Å². The normalized spacial score (nSPS) is 10.9. The summed E-state index contributed by atoms with van der Waals surface area (Å²) in [6.45, 7) is 1.91. The van der Waals surface area contributed by atoms with E-state index < -0.39 is 0 Å². The summed E-state index contributed by atoms with van der Waals surface area (Å²) in [6.07, 6.45) is 4.96. The van der Waals surface area contributed by atoms with Crippen molar-refractivity contribution >= 4 is 17.2 Å². The molecule has 158 valence electrons. The molecule has 0 atom stereocenters. The Kier molecular flexibility index (Phi) is 4.83. The van der Waals surface area contributed by atoms with Crippen LogP contribution in [-0.2, 0) is 0 Å². The Bertz CT molecular complexity index is 1440. The molecule has 0 saturated carbocycles.